The first kappa shape index (κ1) is 17.5. The minimum Gasteiger partial charge on any atom is -0.270 e. The second-order valence-corrected chi connectivity index (χ2v) is 8.21. The summed E-state index contributed by atoms with van der Waals surface area (Å²) in [6.07, 6.45) is 7.02. The van der Waals surface area contributed by atoms with Crippen LogP contribution in [0.3, 0.4) is 0 Å². The average Bonchev–Trinajstić information content (AvgIpc) is 3.03. The molecule has 3 aliphatic heterocycles. The van der Waals surface area contributed by atoms with Gasteiger partial charge in [-0.3, -0.25) is 19.5 Å². The van der Waals surface area contributed by atoms with Crippen molar-refractivity contribution in [3.8, 4) is 0 Å². The van der Waals surface area contributed by atoms with E-state index in [1.54, 1.807) is 11.9 Å². The highest BCUT2D eigenvalue weighted by molar-refractivity contribution is 6.22. The zero-order valence-corrected chi connectivity index (χ0v) is 16.1. The number of aliphatic imine (C=N–C) groups is 1. The van der Waals surface area contributed by atoms with E-state index in [-0.39, 0.29) is 11.9 Å². The number of hydrogen-bond donors (Lipinski definition) is 0. The minimum absolute atomic E-state index is 0.110. The molecule has 0 aromatic heterocycles. The molecule has 0 radical (unpaired) electrons. The number of amidine groups is 1. The molecule has 0 aromatic carbocycles. The minimum atomic E-state index is -0.437. The van der Waals surface area contributed by atoms with Crippen LogP contribution in [-0.4, -0.2) is 81.8 Å². The van der Waals surface area contributed by atoms with Gasteiger partial charge in [0.1, 0.15) is 0 Å². The predicted molar refractivity (Wildman–Crippen MR) is 99.3 cm³/mol. The molecular weight excluding hydrogens is 330 g/mol. The Morgan fingerprint density at radius 2 is 1.92 bits per heavy atom. The third-order valence-electron chi connectivity index (χ3n) is 6.13. The molecule has 0 aromatic rings. The molecule has 7 heteroatoms. The molecule has 7 nitrogen and oxygen atoms in total. The lowest BCUT2D eigenvalue weighted by molar-refractivity contribution is -0.552. The Bertz CT molecular complexity index is 679. The van der Waals surface area contributed by atoms with Gasteiger partial charge in [-0.1, -0.05) is 38.1 Å². The Morgan fingerprint density at radius 1 is 1.19 bits per heavy atom. The molecule has 0 bridgehead atoms. The molecule has 1 saturated carbocycles. The van der Waals surface area contributed by atoms with Crippen molar-refractivity contribution in [3.63, 3.8) is 0 Å². The van der Waals surface area contributed by atoms with E-state index < -0.39 is 6.04 Å². The largest absolute Gasteiger partial charge is 0.392 e. The van der Waals surface area contributed by atoms with Gasteiger partial charge in [0.2, 0.25) is 11.9 Å². The standard InChI is InChI=1S/C19H30N5O2/c1-4-10-22-17(25)15-16(21(3)19(22)26)20-18-23(11-13(2)12-24(15)18)14-8-6-5-7-9-14/h13-15H,4-12H2,1-3H3/q+1. The molecule has 1 aliphatic carbocycles. The third-order valence-corrected chi connectivity index (χ3v) is 6.13. The van der Waals surface area contributed by atoms with E-state index >= 15 is 0 Å². The molecule has 0 N–H and O–H groups in total. The molecule has 2 fully saturated rings. The second kappa shape index (κ2) is 6.67. The van der Waals surface area contributed by atoms with Crippen molar-refractivity contribution in [2.24, 2.45) is 10.9 Å². The number of carbonyl (C=O) groups excluding carboxylic acids is 2. The van der Waals surface area contributed by atoms with Crippen LogP contribution in [0.25, 0.3) is 0 Å². The van der Waals surface area contributed by atoms with Crippen molar-refractivity contribution in [1.82, 2.24) is 14.7 Å². The van der Waals surface area contributed by atoms with Gasteiger partial charge in [0.05, 0.1) is 19.1 Å². The molecule has 2 unspecified atom stereocenters. The number of amides is 3. The van der Waals surface area contributed by atoms with Crippen molar-refractivity contribution < 1.29 is 14.2 Å². The maximum atomic E-state index is 13.1. The highest BCUT2D eigenvalue weighted by atomic mass is 16.2. The summed E-state index contributed by atoms with van der Waals surface area (Å²) in [5, 5.41) is 0. The van der Waals surface area contributed by atoms with E-state index in [4.69, 9.17) is 4.99 Å². The fourth-order valence-electron chi connectivity index (χ4n) is 4.87. The zero-order chi connectivity index (χ0) is 18.4. The first-order valence-electron chi connectivity index (χ1n) is 10.1. The number of likely N-dealkylation sites (N-methyl/N-ethyl adjacent to an activating group) is 1. The topological polar surface area (TPSA) is 59.2 Å². The summed E-state index contributed by atoms with van der Waals surface area (Å²) in [7, 11) is 1.75. The molecule has 0 spiro atoms. The fourth-order valence-corrected chi connectivity index (χ4v) is 4.87. The van der Waals surface area contributed by atoms with E-state index in [2.05, 4.69) is 16.4 Å². The van der Waals surface area contributed by atoms with Gasteiger partial charge >= 0.3 is 12.0 Å². The molecule has 4 aliphatic rings. The first-order valence-corrected chi connectivity index (χ1v) is 10.1. The average molecular weight is 360 g/mol. The highest BCUT2D eigenvalue weighted by Gasteiger charge is 2.55. The zero-order valence-electron chi connectivity index (χ0n) is 16.1. The summed E-state index contributed by atoms with van der Waals surface area (Å²) in [4.78, 5) is 36.0. The van der Waals surface area contributed by atoms with E-state index in [0.29, 0.717) is 24.3 Å². The van der Waals surface area contributed by atoms with Gasteiger partial charge in [0.25, 0.3) is 5.91 Å². The van der Waals surface area contributed by atoms with Crippen LogP contribution in [0.4, 0.5) is 4.79 Å². The molecule has 142 valence electrons. The van der Waals surface area contributed by atoms with Gasteiger partial charge in [0.15, 0.2) is 0 Å². The van der Waals surface area contributed by atoms with Gasteiger partial charge in [0, 0.05) is 19.5 Å². The second-order valence-electron chi connectivity index (χ2n) is 8.21. The van der Waals surface area contributed by atoms with Crippen LogP contribution in [0.2, 0.25) is 0 Å². The maximum Gasteiger partial charge on any atom is 0.392 e. The molecule has 26 heavy (non-hydrogen) atoms. The Labute approximate surface area is 155 Å². The Morgan fingerprint density at radius 3 is 2.62 bits per heavy atom. The van der Waals surface area contributed by atoms with E-state index in [1.165, 1.54) is 37.0 Å². The molecule has 4 rings (SSSR count). The smallest absolute Gasteiger partial charge is 0.270 e. The lowest BCUT2D eigenvalue weighted by atomic mass is 9.93. The number of fused-ring (bicyclic) bond motifs is 2. The number of imide groups is 1. The predicted octanol–water partition coefficient (Wildman–Crippen LogP) is 1.72. The summed E-state index contributed by atoms with van der Waals surface area (Å²) in [6.45, 7) is 6.52. The van der Waals surface area contributed by atoms with E-state index in [1.807, 2.05) is 6.92 Å². The van der Waals surface area contributed by atoms with Crippen LogP contribution >= 0.6 is 0 Å². The number of guanidine groups is 1. The van der Waals surface area contributed by atoms with Crippen molar-refractivity contribution in [2.45, 2.75) is 64.5 Å². The third kappa shape index (κ3) is 2.63. The number of hydrogen-bond acceptors (Lipinski definition) is 4. The quantitative estimate of drug-likeness (QED) is 0.720. The van der Waals surface area contributed by atoms with Crippen molar-refractivity contribution in [2.75, 3.05) is 26.7 Å². The maximum absolute atomic E-state index is 13.1. The highest BCUT2D eigenvalue weighted by Crippen LogP contribution is 2.30. The van der Waals surface area contributed by atoms with Gasteiger partial charge in [-0.05, 0) is 19.3 Å². The Hall–Kier alpha value is -1.92. The summed E-state index contributed by atoms with van der Waals surface area (Å²) >= 11 is 0. The van der Waals surface area contributed by atoms with Crippen LogP contribution in [0.5, 0.6) is 0 Å². The van der Waals surface area contributed by atoms with Gasteiger partial charge in [-0.15, -0.1) is 0 Å². The molecular formula is C19H30N5O2+. The van der Waals surface area contributed by atoms with Gasteiger partial charge in [-0.2, -0.15) is 0 Å². The summed E-state index contributed by atoms with van der Waals surface area (Å²) < 4.78 is 2.16. The Balaban J connectivity index is 1.71. The van der Waals surface area contributed by atoms with Crippen LogP contribution in [0, 0.1) is 5.92 Å². The first-order chi connectivity index (χ1) is 12.5. The number of carbonyl (C=O) groups is 2. The van der Waals surface area contributed by atoms with E-state index in [9.17, 15) is 9.59 Å². The summed E-state index contributed by atoms with van der Waals surface area (Å²) in [5.74, 6) is 1.89. The lowest BCUT2D eigenvalue weighted by Crippen LogP contribution is -2.64. The number of rotatable bonds is 3. The SMILES string of the molecule is CCCN1C(=O)C2C(=NC3=[N+]2CC(C)CN3C2CCCCC2)N(C)C1=O. The van der Waals surface area contributed by atoms with E-state index in [0.717, 1.165) is 25.5 Å². The molecule has 1 saturated heterocycles. The van der Waals surface area contributed by atoms with Crippen LogP contribution in [0.1, 0.15) is 52.4 Å². The fraction of sp³-hybridized carbons (Fsp3) is 0.789. The summed E-state index contributed by atoms with van der Waals surface area (Å²) in [5.41, 5.74) is 0. The molecule has 2 atom stereocenters. The normalized spacial score (nSPS) is 30.0. The van der Waals surface area contributed by atoms with Crippen LogP contribution in [0.15, 0.2) is 4.99 Å². The Kier molecular flexibility index (Phi) is 4.49. The molecule has 3 amide bonds. The van der Waals surface area contributed by atoms with Crippen molar-refractivity contribution in [3.05, 3.63) is 0 Å². The summed E-state index contributed by atoms with van der Waals surface area (Å²) in [6, 6.07) is -0.172. The lowest BCUT2D eigenvalue weighted by Gasteiger charge is -2.37. The number of nitrogens with zero attached hydrogens (tertiary/aromatic N) is 5. The van der Waals surface area contributed by atoms with Gasteiger partial charge in [-0.25, -0.2) is 9.37 Å². The van der Waals surface area contributed by atoms with Crippen molar-refractivity contribution >= 4 is 23.7 Å². The van der Waals surface area contributed by atoms with Crippen LogP contribution in [-0.2, 0) is 4.79 Å². The van der Waals surface area contributed by atoms with Crippen molar-refractivity contribution in [1.29, 1.82) is 0 Å². The monoisotopic (exact) mass is 360 g/mol. The number of urea groups is 1. The molecule has 3 heterocycles. The van der Waals surface area contributed by atoms with Crippen LogP contribution < -0.4 is 0 Å². The van der Waals surface area contributed by atoms with Gasteiger partial charge < -0.3 is 0 Å².